The van der Waals surface area contributed by atoms with E-state index in [4.69, 9.17) is 16.9 Å². The molecule has 0 aliphatic rings. The molecule has 0 bridgehead atoms. The molecule has 0 saturated heterocycles. The number of halogens is 1. The number of hydrogen-bond donors (Lipinski definition) is 2. The molecule has 0 fully saturated rings. The van der Waals surface area contributed by atoms with Crippen molar-refractivity contribution in [2.24, 2.45) is 0 Å². The largest absolute Gasteiger partial charge is 0.322 e. The van der Waals surface area contributed by atoms with E-state index < -0.39 is 0 Å². The second kappa shape index (κ2) is 5.12. The van der Waals surface area contributed by atoms with Crippen LogP contribution in [0.2, 0.25) is 5.02 Å². The second-order valence-electron chi connectivity index (χ2n) is 4.07. The predicted molar refractivity (Wildman–Crippen MR) is 72.2 cm³/mol. The molecule has 1 aromatic heterocycles. The van der Waals surface area contributed by atoms with Crippen molar-refractivity contribution >= 4 is 23.2 Å². The lowest BCUT2D eigenvalue weighted by atomic mass is 10.1. The molecule has 0 aliphatic carbocycles. The third-order valence-electron chi connectivity index (χ3n) is 2.70. The number of rotatable bonds is 2. The molecule has 2 aromatic rings. The summed E-state index contributed by atoms with van der Waals surface area (Å²) in [6.07, 6.45) is 0. The summed E-state index contributed by atoms with van der Waals surface area (Å²) in [4.78, 5) is 12.1. The number of carbonyl (C=O) groups excluding carboxylic acids is 1. The second-order valence-corrected chi connectivity index (χ2v) is 4.48. The van der Waals surface area contributed by atoms with E-state index in [1.54, 1.807) is 32.0 Å². The highest BCUT2D eigenvalue weighted by Gasteiger charge is 2.15. The molecule has 6 heteroatoms. The van der Waals surface area contributed by atoms with Gasteiger partial charge in [0.2, 0.25) is 0 Å². The van der Waals surface area contributed by atoms with Gasteiger partial charge in [0.15, 0.2) is 0 Å². The van der Waals surface area contributed by atoms with Gasteiger partial charge in [-0.1, -0.05) is 11.6 Å². The van der Waals surface area contributed by atoms with Crippen LogP contribution in [0.5, 0.6) is 0 Å². The molecule has 0 spiro atoms. The molecule has 2 N–H and O–H groups in total. The van der Waals surface area contributed by atoms with Crippen LogP contribution in [-0.2, 0) is 0 Å². The first-order valence-corrected chi connectivity index (χ1v) is 5.93. The third-order valence-corrected chi connectivity index (χ3v) is 3.02. The molecular formula is C13H11ClN4O. The van der Waals surface area contributed by atoms with E-state index in [-0.39, 0.29) is 5.91 Å². The number of hydrogen-bond acceptors (Lipinski definition) is 3. The number of nitriles is 1. The maximum atomic E-state index is 12.1. The number of nitrogens with one attached hydrogen (secondary N) is 2. The zero-order chi connectivity index (χ0) is 14.0. The molecule has 0 aliphatic heterocycles. The number of anilines is 1. The van der Waals surface area contributed by atoms with Crippen molar-refractivity contribution in [2.75, 3.05) is 5.32 Å². The molecule has 19 heavy (non-hydrogen) atoms. The summed E-state index contributed by atoms with van der Waals surface area (Å²) < 4.78 is 0. The van der Waals surface area contributed by atoms with Crippen LogP contribution in [0.15, 0.2) is 18.2 Å². The normalized spacial score (nSPS) is 10.0. The van der Waals surface area contributed by atoms with E-state index in [1.807, 2.05) is 6.07 Å². The monoisotopic (exact) mass is 274 g/mol. The molecular weight excluding hydrogens is 264 g/mol. The Balaban J connectivity index is 2.25. The minimum Gasteiger partial charge on any atom is -0.322 e. The van der Waals surface area contributed by atoms with E-state index >= 15 is 0 Å². The minimum atomic E-state index is -0.260. The Bertz CT molecular complexity index is 665. The zero-order valence-corrected chi connectivity index (χ0v) is 11.2. The lowest BCUT2D eigenvalue weighted by Gasteiger charge is -2.06. The first-order chi connectivity index (χ1) is 9.02. The summed E-state index contributed by atoms with van der Waals surface area (Å²) in [5.41, 5.74) is 2.76. The molecule has 1 amide bonds. The number of aryl methyl sites for hydroxylation is 2. The maximum Gasteiger partial charge on any atom is 0.259 e. The van der Waals surface area contributed by atoms with Gasteiger partial charge in [0.1, 0.15) is 6.07 Å². The fraction of sp³-hybridized carbons (Fsp3) is 0.154. The van der Waals surface area contributed by atoms with Gasteiger partial charge in [-0.2, -0.15) is 10.4 Å². The Kier molecular flexibility index (Phi) is 3.54. The summed E-state index contributed by atoms with van der Waals surface area (Å²) in [5.74, 6) is -0.260. The van der Waals surface area contributed by atoms with E-state index in [0.29, 0.717) is 33.2 Å². The first kappa shape index (κ1) is 13.1. The highest BCUT2D eigenvalue weighted by atomic mass is 35.5. The summed E-state index contributed by atoms with van der Waals surface area (Å²) in [6.45, 7) is 3.53. The maximum absolute atomic E-state index is 12.1. The van der Waals surface area contributed by atoms with Crippen LogP contribution in [0.1, 0.15) is 27.3 Å². The van der Waals surface area contributed by atoms with Gasteiger partial charge in [0, 0.05) is 11.4 Å². The topological polar surface area (TPSA) is 81.6 Å². The Morgan fingerprint density at radius 2 is 2.21 bits per heavy atom. The van der Waals surface area contributed by atoms with Gasteiger partial charge in [-0.15, -0.1) is 0 Å². The van der Waals surface area contributed by atoms with Crippen LogP contribution < -0.4 is 5.32 Å². The average Bonchev–Trinajstić information content (AvgIpc) is 2.69. The van der Waals surface area contributed by atoms with Gasteiger partial charge in [-0.25, -0.2) is 0 Å². The number of amides is 1. The van der Waals surface area contributed by atoms with Gasteiger partial charge < -0.3 is 5.32 Å². The Hall–Kier alpha value is -2.32. The van der Waals surface area contributed by atoms with E-state index in [2.05, 4.69) is 15.5 Å². The van der Waals surface area contributed by atoms with Crippen LogP contribution in [0.25, 0.3) is 0 Å². The minimum absolute atomic E-state index is 0.260. The molecule has 0 saturated carbocycles. The van der Waals surface area contributed by atoms with Crippen LogP contribution in [0.4, 0.5) is 5.69 Å². The molecule has 1 heterocycles. The fourth-order valence-electron chi connectivity index (χ4n) is 1.76. The van der Waals surface area contributed by atoms with Gasteiger partial charge in [-0.3, -0.25) is 9.89 Å². The third kappa shape index (κ3) is 2.59. The predicted octanol–water partition coefficient (Wildman–Crippen LogP) is 2.80. The van der Waals surface area contributed by atoms with Gasteiger partial charge in [0.25, 0.3) is 5.91 Å². The molecule has 96 valence electrons. The molecule has 2 rings (SSSR count). The smallest absolute Gasteiger partial charge is 0.259 e. The first-order valence-electron chi connectivity index (χ1n) is 5.55. The average molecular weight is 275 g/mol. The molecule has 0 radical (unpaired) electrons. The lowest BCUT2D eigenvalue weighted by molar-refractivity contribution is 0.102. The highest BCUT2D eigenvalue weighted by molar-refractivity contribution is 6.32. The van der Waals surface area contributed by atoms with Crippen LogP contribution in [0.3, 0.4) is 0 Å². The van der Waals surface area contributed by atoms with Crippen molar-refractivity contribution in [2.45, 2.75) is 13.8 Å². The molecule has 0 unspecified atom stereocenters. The fourth-order valence-corrected chi connectivity index (χ4v) is 1.99. The summed E-state index contributed by atoms with van der Waals surface area (Å²) in [7, 11) is 0. The molecule has 0 atom stereocenters. The van der Waals surface area contributed by atoms with Gasteiger partial charge in [-0.05, 0) is 32.0 Å². The number of aromatic amines is 1. The van der Waals surface area contributed by atoms with Gasteiger partial charge in [0.05, 0.1) is 21.8 Å². The van der Waals surface area contributed by atoms with Crippen molar-refractivity contribution in [3.8, 4) is 6.07 Å². The zero-order valence-electron chi connectivity index (χ0n) is 10.4. The lowest BCUT2D eigenvalue weighted by Crippen LogP contribution is -2.13. The van der Waals surface area contributed by atoms with Crippen molar-refractivity contribution in [3.05, 3.63) is 45.7 Å². The van der Waals surface area contributed by atoms with Crippen LogP contribution >= 0.6 is 11.6 Å². The van der Waals surface area contributed by atoms with E-state index in [0.717, 1.165) is 0 Å². The molecule has 1 aromatic carbocycles. The SMILES string of the molecule is Cc1n[nH]c(C)c1C(=O)Nc1ccc(C#N)c(Cl)c1. The summed E-state index contributed by atoms with van der Waals surface area (Å²) >= 11 is 5.91. The number of carbonyl (C=O) groups is 1. The van der Waals surface area contributed by atoms with Crippen molar-refractivity contribution in [3.63, 3.8) is 0 Å². The van der Waals surface area contributed by atoms with Crippen molar-refractivity contribution < 1.29 is 4.79 Å². The van der Waals surface area contributed by atoms with Gasteiger partial charge >= 0.3 is 0 Å². The Labute approximate surface area is 115 Å². The summed E-state index contributed by atoms with van der Waals surface area (Å²) in [6, 6.07) is 6.70. The standard InChI is InChI=1S/C13H11ClN4O/c1-7-12(8(2)18-17-7)13(19)16-10-4-3-9(6-15)11(14)5-10/h3-5H,1-2H3,(H,16,19)(H,17,18). The van der Waals surface area contributed by atoms with E-state index in [1.165, 1.54) is 0 Å². The van der Waals surface area contributed by atoms with Crippen LogP contribution in [0, 0.1) is 25.2 Å². The van der Waals surface area contributed by atoms with E-state index in [9.17, 15) is 4.79 Å². The quantitative estimate of drug-likeness (QED) is 0.883. The highest BCUT2D eigenvalue weighted by Crippen LogP contribution is 2.21. The molecule has 5 nitrogen and oxygen atoms in total. The summed E-state index contributed by atoms with van der Waals surface area (Å²) in [5, 5.41) is 18.5. The van der Waals surface area contributed by atoms with Crippen LogP contribution in [-0.4, -0.2) is 16.1 Å². The Morgan fingerprint density at radius 1 is 1.47 bits per heavy atom. The van der Waals surface area contributed by atoms with Crippen molar-refractivity contribution in [1.29, 1.82) is 5.26 Å². The number of H-pyrrole nitrogens is 1. The number of nitrogens with zero attached hydrogens (tertiary/aromatic N) is 2. The van der Waals surface area contributed by atoms with Crippen molar-refractivity contribution in [1.82, 2.24) is 10.2 Å². The number of aromatic nitrogens is 2. The number of benzene rings is 1. The Morgan fingerprint density at radius 3 is 2.74 bits per heavy atom.